The molecule has 2 saturated heterocycles. The minimum Gasteiger partial charge on any atom is -0.497 e. The number of thiazole rings is 1. The molecule has 0 saturated carbocycles. The Kier molecular flexibility index (Phi) is 5.92. The summed E-state index contributed by atoms with van der Waals surface area (Å²) in [4.78, 5) is 35.8. The fourth-order valence-electron chi connectivity index (χ4n) is 4.78. The molecule has 8 nitrogen and oxygen atoms in total. The summed E-state index contributed by atoms with van der Waals surface area (Å²) in [5, 5.41) is 4.76. The number of amides is 2. The third kappa shape index (κ3) is 4.33. The largest absolute Gasteiger partial charge is 0.497 e. The van der Waals surface area contributed by atoms with Crippen LogP contribution >= 0.6 is 23.1 Å². The first-order valence-corrected chi connectivity index (χ1v) is 13.2. The second-order valence-electron chi connectivity index (χ2n) is 10.0. The summed E-state index contributed by atoms with van der Waals surface area (Å²) in [7, 11) is 1.62. The number of rotatable bonds is 4. The molecule has 34 heavy (non-hydrogen) atoms. The van der Waals surface area contributed by atoms with Crippen molar-refractivity contribution in [3.05, 3.63) is 29.1 Å². The summed E-state index contributed by atoms with van der Waals surface area (Å²) in [6, 6.07) is 7.77. The number of thioether (sulfide) groups is 1. The maximum absolute atomic E-state index is 12.9. The molecule has 0 aliphatic carbocycles. The number of aromatic nitrogens is 1. The van der Waals surface area contributed by atoms with Gasteiger partial charge in [0.05, 0.1) is 24.4 Å². The highest BCUT2D eigenvalue weighted by atomic mass is 32.2. The lowest BCUT2D eigenvalue weighted by molar-refractivity contribution is -0.115. The molecule has 10 heteroatoms. The van der Waals surface area contributed by atoms with Crippen LogP contribution in [0, 0.1) is 0 Å². The number of ether oxygens (including phenoxy) is 2. The van der Waals surface area contributed by atoms with Gasteiger partial charge in [-0.1, -0.05) is 18.7 Å². The van der Waals surface area contributed by atoms with Gasteiger partial charge in [0, 0.05) is 29.6 Å². The van der Waals surface area contributed by atoms with Gasteiger partial charge in [-0.25, -0.2) is 9.78 Å². The molecule has 0 radical (unpaired) electrons. The maximum atomic E-state index is 12.9. The highest BCUT2D eigenvalue weighted by Gasteiger charge is 2.48. The number of methoxy groups -OCH3 is 1. The van der Waals surface area contributed by atoms with E-state index in [2.05, 4.69) is 17.1 Å². The molecule has 2 amide bonds. The average molecular weight is 503 g/mol. The number of hydrogen-bond donors (Lipinski definition) is 1. The van der Waals surface area contributed by atoms with E-state index in [1.165, 1.54) is 4.88 Å². The van der Waals surface area contributed by atoms with Gasteiger partial charge < -0.3 is 24.6 Å². The molecule has 182 valence electrons. The van der Waals surface area contributed by atoms with E-state index in [1.54, 1.807) is 30.2 Å². The number of nitrogens with zero attached hydrogens (tertiary/aromatic N) is 3. The van der Waals surface area contributed by atoms with Crippen LogP contribution in [-0.4, -0.2) is 65.0 Å². The standard InChI is InChI=1S/C24H30N4O4S2/c1-13-18(20(29)25-14-6-8-17(31-5)9-7-14)33-21-19(13)34-22(26-21)27-11-16-10-15(27)12-28(16)23(30)32-24(2,3)4/h6-9,13,15-16,18H,10-12H2,1-5H3,(H,25,29). The number of fused-ring (bicyclic) bond motifs is 3. The van der Waals surface area contributed by atoms with Crippen molar-refractivity contribution in [3.8, 4) is 5.75 Å². The molecule has 2 fully saturated rings. The van der Waals surface area contributed by atoms with Gasteiger partial charge in [-0.3, -0.25) is 4.79 Å². The first kappa shape index (κ1) is 23.3. The molecule has 5 rings (SSSR count). The van der Waals surface area contributed by atoms with Crippen molar-refractivity contribution in [2.24, 2.45) is 0 Å². The van der Waals surface area contributed by atoms with Gasteiger partial charge in [-0.15, -0.1) is 11.3 Å². The molecule has 3 aliphatic heterocycles. The molecule has 2 aromatic rings. The van der Waals surface area contributed by atoms with Crippen LogP contribution in [0.3, 0.4) is 0 Å². The Hall–Kier alpha value is -2.46. The smallest absolute Gasteiger partial charge is 0.410 e. The normalized spacial score (nSPS) is 25.4. The van der Waals surface area contributed by atoms with Crippen molar-refractivity contribution >= 4 is 45.9 Å². The number of carbonyl (C=O) groups is 2. The van der Waals surface area contributed by atoms with E-state index in [0.717, 1.165) is 34.6 Å². The predicted molar refractivity (Wildman–Crippen MR) is 134 cm³/mol. The Morgan fingerprint density at radius 1 is 1.15 bits per heavy atom. The summed E-state index contributed by atoms with van der Waals surface area (Å²) in [6.07, 6.45) is 0.718. The highest BCUT2D eigenvalue weighted by Crippen LogP contribution is 2.51. The van der Waals surface area contributed by atoms with Crippen LogP contribution in [0.15, 0.2) is 29.3 Å². The number of hydrogen-bond acceptors (Lipinski definition) is 8. The van der Waals surface area contributed by atoms with Gasteiger partial charge in [-0.05, 0) is 51.5 Å². The third-order valence-corrected chi connectivity index (χ3v) is 9.28. The van der Waals surface area contributed by atoms with Crippen LogP contribution < -0.4 is 15.0 Å². The van der Waals surface area contributed by atoms with Gasteiger partial charge in [-0.2, -0.15) is 0 Å². The zero-order valence-electron chi connectivity index (χ0n) is 20.0. The van der Waals surface area contributed by atoms with Crippen molar-refractivity contribution in [3.63, 3.8) is 0 Å². The number of carbonyl (C=O) groups excluding carboxylic acids is 2. The molecule has 4 atom stereocenters. The van der Waals surface area contributed by atoms with Crippen molar-refractivity contribution < 1.29 is 19.1 Å². The maximum Gasteiger partial charge on any atom is 0.410 e. The van der Waals surface area contributed by atoms with Gasteiger partial charge in [0.15, 0.2) is 5.13 Å². The molecule has 1 aromatic heterocycles. The second-order valence-corrected chi connectivity index (χ2v) is 12.2. The number of anilines is 2. The van der Waals surface area contributed by atoms with Crippen LogP contribution in [0.1, 0.15) is 44.9 Å². The predicted octanol–water partition coefficient (Wildman–Crippen LogP) is 4.57. The van der Waals surface area contributed by atoms with Crippen molar-refractivity contribution in [1.29, 1.82) is 0 Å². The first-order valence-electron chi connectivity index (χ1n) is 11.5. The first-order chi connectivity index (χ1) is 16.1. The van der Waals surface area contributed by atoms with Crippen LogP contribution in [0.5, 0.6) is 5.75 Å². The Bertz CT molecular complexity index is 1100. The number of benzene rings is 1. The number of piperazine rings is 1. The van der Waals surface area contributed by atoms with Crippen LogP contribution in [0.25, 0.3) is 0 Å². The molecular weight excluding hydrogens is 472 g/mol. The highest BCUT2D eigenvalue weighted by molar-refractivity contribution is 8.01. The lowest BCUT2D eigenvalue weighted by Crippen LogP contribution is -2.50. The van der Waals surface area contributed by atoms with Crippen molar-refractivity contribution in [2.75, 3.05) is 30.4 Å². The van der Waals surface area contributed by atoms with Crippen LogP contribution in [-0.2, 0) is 9.53 Å². The second kappa shape index (κ2) is 8.64. The zero-order valence-corrected chi connectivity index (χ0v) is 21.7. The summed E-state index contributed by atoms with van der Waals surface area (Å²) in [6.45, 7) is 9.22. The summed E-state index contributed by atoms with van der Waals surface area (Å²) in [5.74, 6) is 0.829. The Balaban J connectivity index is 1.21. The summed E-state index contributed by atoms with van der Waals surface area (Å²) in [5.41, 5.74) is 0.267. The van der Waals surface area contributed by atoms with Gasteiger partial charge in [0.25, 0.3) is 0 Å². The quantitative estimate of drug-likeness (QED) is 0.656. The molecular formula is C24H30N4O4S2. The number of likely N-dealkylation sites (tertiary alicyclic amines) is 1. The van der Waals surface area contributed by atoms with E-state index in [-0.39, 0.29) is 35.3 Å². The average Bonchev–Trinajstić information content (AvgIpc) is 3.54. The molecule has 3 aliphatic rings. The van der Waals surface area contributed by atoms with E-state index in [1.807, 2.05) is 49.9 Å². The Labute approximate surface area is 208 Å². The molecule has 1 N–H and O–H groups in total. The van der Waals surface area contributed by atoms with E-state index < -0.39 is 5.60 Å². The van der Waals surface area contributed by atoms with E-state index >= 15 is 0 Å². The van der Waals surface area contributed by atoms with Gasteiger partial charge >= 0.3 is 6.09 Å². The van der Waals surface area contributed by atoms with Crippen molar-refractivity contribution in [2.45, 2.75) is 68.0 Å². The van der Waals surface area contributed by atoms with Gasteiger partial charge in [0.2, 0.25) is 5.91 Å². The van der Waals surface area contributed by atoms with E-state index in [9.17, 15) is 9.59 Å². The van der Waals surface area contributed by atoms with Gasteiger partial charge in [0.1, 0.15) is 16.4 Å². The SMILES string of the molecule is COc1ccc(NC(=O)C2Sc3nc(N4CC5CC4CN5C(=O)OC(C)(C)C)sc3C2C)cc1. The van der Waals surface area contributed by atoms with E-state index in [0.29, 0.717) is 6.54 Å². The fraction of sp³-hybridized carbons (Fsp3) is 0.542. The van der Waals surface area contributed by atoms with Crippen molar-refractivity contribution in [1.82, 2.24) is 9.88 Å². The zero-order chi connectivity index (χ0) is 24.2. The lowest BCUT2D eigenvalue weighted by Gasteiger charge is -2.35. The Morgan fingerprint density at radius 2 is 1.88 bits per heavy atom. The Morgan fingerprint density at radius 3 is 2.47 bits per heavy atom. The molecule has 1 aromatic carbocycles. The molecule has 2 bridgehead atoms. The molecule has 4 unspecified atom stereocenters. The minimum absolute atomic E-state index is 0.0114. The summed E-state index contributed by atoms with van der Waals surface area (Å²) >= 11 is 3.22. The molecule has 0 spiro atoms. The minimum atomic E-state index is -0.488. The molecule has 4 heterocycles. The van der Waals surface area contributed by atoms with Crippen LogP contribution in [0.4, 0.5) is 15.6 Å². The third-order valence-electron chi connectivity index (χ3n) is 6.45. The van der Waals surface area contributed by atoms with E-state index in [4.69, 9.17) is 14.5 Å². The summed E-state index contributed by atoms with van der Waals surface area (Å²) < 4.78 is 10.8. The van der Waals surface area contributed by atoms with Crippen LogP contribution in [0.2, 0.25) is 0 Å². The number of nitrogens with one attached hydrogen (secondary N) is 1. The monoisotopic (exact) mass is 502 g/mol. The fourth-order valence-corrected chi connectivity index (χ4v) is 7.51. The lowest BCUT2D eigenvalue weighted by atomic mass is 10.1. The topological polar surface area (TPSA) is 84.0 Å².